The second-order valence-corrected chi connectivity index (χ2v) is 5.06. The fourth-order valence-corrected chi connectivity index (χ4v) is 2.32. The van der Waals surface area contributed by atoms with E-state index in [0.29, 0.717) is 23.4 Å². The second-order valence-electron chi connectivity index (χ2n) is 5.06. The van der Waals surface area contributed by atoms with Gasteiger partial charge in [-0.2, -0.15) is 5.26 Å². The molecule has 0 aliphatic heterocycles. The summed E-state index contributed by atoms with van der Waals surface area (Å²) in [4.78, 5) is 16.4. The summed E-state index contributed by atoms with van der Waals surface area (Å²) >= 11 is 0. The summed E-state index contributed by atoms with van der Waals surface area (Å²) in [6, 6.07) is 13.7. The molecule has 1 atom stereocenters. The van der Waals surface area contributed by atoms with Crippen molar-refractivity contribution >= 4 is 5.65 Å². The Labute approximate surface area is 127 Å². The van der Waals surface area contributed by atoms with Crippen LogP contribution in [0.25, 0.3) is 5.65 Å². The highest BCUT2D eigenvalue weighted by Crippen LogP contribution is 2.12. The summed E-state index contributed by atoms with van der Waals surface area (Å²) in [7, 11) is 0. The lowest BCUT2D eigenvalue weighted by atomic mass is 10.1. The molecule has 0 aliphatic rings. The molecule has 0 saturated carbocycles. The molecule has 6 heteroatoms. The monoisotopic (exact) mass is 293 g/mol. The van der Waals surface area contributed by atoms with Crippen molar-refractivity contribution < 1.29 is 0 Å². The quantitative estimate of drug-likeness (QED) is 0.767. The minimum Gasteiger partial charge on any atom is -0.305 e. The minimum atomic E-state index is -0.226. The summed E-state index contributed by atoms with van der Waals surface area (Å²) in [5.41, 5.74) is 2.27. The van der Waals surface area contributed by atoms with Gasteiger partial charge in [-0.1, -0.05) is 30.3 Å². The van der Waals surface area contributed by atoms with E-state index in [0.717, 1.165) is 0 Å². The molecule has 6 nitrogen and oxygen atoms in total. The number of aromatic nitrogens is 3. The molecular formula is C16H15N5O. The van der Waals surface area contributed by atoms with Crippen LogP contribution in [-0.2, 0) is 6.54 Å². The van der Waals surface area contributed by atoms with Crippen LogP contribution in [0.5, 0.6) is 0 Å². The summed E-state index contributed by atoms with van der Waals surface area (Å²) in [5.74, 6) is 0. The predicted molar refractivity (Wildman–Crippen MR) is 82.2 cm³/mol. The van der Waals surface area contributed by atoms with Gasteiger partial charge in [0.1, 0.15) is 11.6 Å². The normalized spacial score (nSPS) is 12.2. The van der Waals surface area contributed by atoms with Gasteiger partial charge in [0.15, 0.2) is 5.65 Å². The van der Waals surface area contributed by atoms with E-state index in [2.05, 4.69) is 22.3 Å². The standard InChI is InChI=1S/C16H15N5O/c1-11(12-5-3-2-4-6-12)18-10-14-7-15(22)21-16(20-14)13(8-17)9-19-21/h2-7,9,11,18-19H,10H2,1H3/t11-/m1/s1. The molecule has 3 aromatic rings. The second kappa shape index (κ2) is 5.84. The molecule has 2 heterocycles. The summed E-state index contributed by atoms with van der Waals surface area (Å²) in [5, 5.41) is 15.1. The van der Waals surface area contributed by atoms with Gasteiger partial charge in [-0.15, -0.1) is 0 Å². The Balaban J connectivity index is 1.83. The Morgan fingerprint density at radius 2 is 2.18 bits per heavy atom. The van der Waals surface area contributed by atoms with Gasteiger partial charge >= 0.3 is 0 Å². The Morgan fingerprint density at radius 3 is 2.91 bits per heavy atom. The number of nitrogens with one attached hydrogen (secondary N) is 2. The molecule has 0 saturated heterocycles. The number of H-pyrrole nitrogens is 1. The van der Waals surface area contributed by atoms with Crippen LogP contribution in [0.15, 0.2) is 47.4 Å². The number of benzene rings is 1. The molecule has 0 unspecified atom stereocenters. The number of nitriles is 1. The maximum Gasteiger partial charge on any atom is 0.272 e. The third kappa shape index (κ3) is 2.62. The van der Waals surface area contributed by atoms with Crippen LogP contribution in [0.1, 0.15) is 29.8 Å². The van der Waals surface area contributed by atoms with Gasteiger partial charge in [0.25, 0.3) is 5.56 Å². The first-order chi connectivity index (χ1) is 10.7. The molecule has 0 bridgehead atoms. The molecule has 0 radical (unpaired) electrons. The third-order valence-corrected chi connectivity index (χ3v) is 3.56. The lowest BCUT2D eigenvalue weighted by Gasteiger charge is -2.13. The Morgan fingerprint density at radius 1 is 1.41 bits per heavy atom. The zero-order chi connectivity index (χ0) is 15.5. The van der Waals surface area contributed by atoms with E-state index in [9.17, 15) is 4.79 Å². The fourth-order valence-electron chi connectivity index (χ4n) is 2.32. The highest BCUT2D eigenvalue weighted by Gasteiger charge is 2.10. The van der Waals surface area contributed by atoms with Crippen LogP contribution in [-0.4, -0.2) is 14.6 Å². The Hall–Kier alpha value is -2.91. The molecule has 2 N–H and O–H groups in total. The van der Waals surface area contributed by atoms with Crippen LogP contribution in [0.3, 0.4) is 0 Å². The summed E-state index contributed by atoms with van der Waals surface area (Å²) in [6.07, 6.45) is 1.48. The van der Waals surface area contributed by atoms with Gasteiger partial charge < -0.3 is 5.32 Å². The molecule has 1 aromatic carbocycles. The number of fused-ring (bicyclic) bond motifs is 1. The molecule has 0 amide bonds. The van der Waals surface area contributed by atoms with Crippen LogP contribution in [0, 0.1) is 11.3 Å². The molecule has 110 valence electrons. The van der Waals surface area contributed by atoms with Crippen molar-refractivity contribution in [3.05, 3.63) is 69.8 Å². The van der Waals surface area contributed by atoms with E-state index in [-0.39, 0.29) is 11.6 Å². The van der Waals surface area contributed by atoms with Crippen LogP contribution in [0.2, 0.25) is 0 Å². The van der Waals surface area contributed by atoms with Crippen molar-refractivity contribution in [2.75, 3.05) is 0 Å². The van der Waals surface area contributed by atoms with Crippen LogP contribution < -0.4 is 10.9 Å². The van der Waals surface area contributed by atoms with Crippen molar-refractivity contribution in [2.24, 2.45) is 0 Å². The van der Waals surface area contributed by atoms with E-state index in [1.807, 2.05) is 36.4 Å². The average Bonchev–Trinajstić information content (AvgIpc) is 2.97. The zero-order valence-electron chi connectivity index (χ0n) is 12.1. The molecular weight excluding hydrogens is 278 g/mol. The lowest BCUT2D eigenvalue weighted by Crippen LogP contribution is -2.22. The van der Waals surface area contributed by atoms with Crippen molar-refractivity contribution in [2.45, 2.75) is 19.5 Å². The number of hydrogen-bond acceptors (Lipinski definition) is 4. The topological polar surface area (TPSA) is 86.0 Å². The van der Waals surface area contributed by atoms with Gasteiger partial charge in [-0.25, -0.2) is 9.50 Å². The smallest absolute Gasteiger partial charge is 0.272 e. The van der Waals surface area contributed by atoms with E-state index in [4.69, 9.17) is 5.26 Å². The van der Waals surface area contributed by atoms with Crippen molar-refractivity contribution in [3.8, 4) is 6.07 Å². The maximum atomic E-state index is 12.0. The van der Waals surface area contributed by atoms with E-state index in [1.165, 1.54) is 22.3 Å². The largest absolute Gasteiger partial charge is 0.305 e. The number of rotatable bonds is 4. The first-order valence-electron chi connectivity index (χ1n) is 6.97. The number of hydrogen-bond donors (Lipinski definition) is 2. The van der Waals surface area contributed by atoms with Crippen LogP contribution >= 0.6 is 0 Å². The summed E-state index contributed by atoms with van der Waals surface area (Å²) in [6.45, 7) is 2.51. The fraction of sp³-hybridized carbons (Fsp3) is 0.188. The highest BCUT2D eigenvalue weighted by atomic mass is 16.1. The highest BCUT2D eigenvalue weighted by molar-refractivity contribution is 5.53. The minimum absolute atomic E-state index is 0.142. The first kappa shape index (κ1) is 14.0. The van der Waals surface area contributed by atoms with Crippen LogP contribution in [0.4, 0.5) is 0 Å². The van der Waals surface area contributed by atoms with Gasteiger partial charge in [-0.3, -0.25) is 9.89 Å². The molecule has 22 heavy (non-hydrogen) atoms. The van der Waals surface area contributed by atoms with Gasteiger partial charge in [0.2, 0.25) is 0 Å². The van der Waals surface area contributed by atoms with Gasteiger partial charge in [-0.05, 0) is 12.5 Å². The van der Waals surface area contributed by atoms with E-state index < -0.39 is 0 Å². The first-order valence-corrected chi connectivity index (χ1v) is 6.97. The average molecular weight is 293 g/mol. The van der Waals surface area contributed by atoms with Crippen molar-refractivity contribution in [1.29, 1.82) is 5.26 Å². The van der Waals surface area contributed by atoms with E-state index >= 15 is 0 Å². The summed E-state index contributed by atoms with van der Waals surface area (Å²) < 4.78 is 1.27. The van der Waals surface area contributed by atoms with E-state index in [1.54, 1.807) is 0 Å². The number of nitrogens with zero attached hydrogens (tertiary/aromatic N) is 3. The molecule has 3 rings (SSSR count). The molecule has 0 fully saturated rings. The van der Waals surface area contributed by atoms with Crippen molar-refractivity contribution in [1.82, 2.24) is 19.9 Å². The molecule has 2 aromatic heterocycles. The Kier molecular flexibility index (Phi) is 3.73. The third-order valence-electron chi connectivity index (χ3n) is 3.56. The van der Waals surface area contributed by atoms with Gasteiger partial charge in [0.05, 0.1) is 5.69 Å². The predicted octanol–water partition coefficient (Wildman–Crippen LogP) is 1.75. The lowest BCUT2D eigenvalue weighted by molar-refractivity contribution is 0.567. The Bertz CT molecular complexity index is 888. The van der Waals surface area contributed by atoms with Gasteiger partial charge in [0, 0.05) is 24.8 Å². The van der Waals surface area contributed by atoms with Crippen molar-refractivity contribution in [3.63, 3.8) is 0 Å². The number of aromatic amines is 1. The molecule has 0 spiro atoms. The zero-order valence-corrected chi connectivity index (χ0v) is 12.1. The molecule has 0 aliphatic carbocycles. The SMILES string of the molecule is C[C@@H](NCc1cc(=O)n2[nH]cc(C#N)c2n1)c1ccccc1. The maximum absolute atomic E-state index is 12.0.